The monoisotopic (exact) mass is 792 g/mol. The van der Waals surface area contributed by atoms with Crippen molar-refractivity contribution >= 4 is 0 Å². The normalized spacial score (nSPS) is 27.3. The molecule has 2 aliphatic rings. The molecule has 5 aromatic carbocycles. The van der Waals surface area contributed by atoms with Crippen LogP contribution in [-0.4, -0.2) is 89.9 Å². The second kappa shape index (κ2) is 21.6. The van der Waals surface area contributed by atoms with E-state index in [1.165, 1.54) is 0 Å². The van der Waals surface area contributed by atoms with Crippen LogP contribution < -0.4 is 0 Å². The molecule has 0 amide bonds. The molecule has 0 aliphatic carbocycles. The standard InChI is InChI=1S/C47H52O11/c48-40-41(49)47(57-38(31-51-26-33-16-6-1-7-17-33)43(40)53-28-35-20-10-3-11-21-35)58-45-42(50)46(55-30-37-24-14-5-15-25-37)56-39(32-52-27-34-18-8-2-9-19-34)44(45)54-29-36-22-12-4-13-23-36/h1-25,38-50H,26-32H2/t38?,39?,40-,41?,42?,43-,44-,45-,46-,47+/m1/s1. The summed E-state index contributed by atoms with van der Waals surface area (Å²) in [7, 11) is 0. The quantitative estimate of drug-likeness (QED) is 0.0948. The molecular formula is C47H52O11. The average molecular weight is 793 g/mol. The maximum absolute atomic E-state index is 12.0. The van der Waals surface area contributed by atoms with Gasteiger partial charge >= 0.3 is 0 Å². The summed E-state index contributed by atoms with van der Waals surface area (Å²) in [5.41, 5.74) is 4.59. The lowest BCUT2D eigenvalue weighted by molar-refractivity contribution is -0.369. The van der Waals surface area contributed by atoms with Crippen molar-refractivity contribution in [3.05, 3.63) is 179 Å². The van der Waals surface area contributed by atoms with Crippen molar-refractivity contribution in [3.63, 3.8) is 0 Å². The van der Waals surface area contributed by atoms with Gasteiger partial charge in [0, 0.05) is 0 Å². The van der Waals surface area contributed by atoms with E-state index >= 15 is 0 Å². The first-order valence-corrected chi connectivity index (χ1v) is 19.7. The SMILES string of the molecule is OC1[C@H](O[C@@H]2C(O)[C@H](OCc3ccccc3)OC(COCc3ccccc3)[C@H]2OCc2ccccc2)OC(COCc2ccccc2)[C@@H](OCc2ccccc2)[C@@H]1O. The molecule has 3 N–H and O–H groups in total. The first-order valence-electron chi connectivity index (χ1n) is 19.7. The van der Waals surface area contributed by atoms with E-state index in [9.17, 15) is 15.3 Å². The van der Waals surface area contributed by atoms with E-state index in [2.05, 4.69) is 0 Å². The van der Waals surface area contributed by atoms with Crippen LogP contribution in [0.25, 0.3) is 0 Å². The van der Waals surface area contributed by atoms with Crippen LogP contribution in [0, 0.1) is 0 Å². The van der Waals surface area contributed by atoms with Crippen molar-refractivity contribution in [2.75, 3.05) is 13.2 Å². The van der Waals surface area contributed by atoms with Gasteiger partial charge in [-0.05, 0) is 27.8 Å². The number of rotatable bonds is 19. The van der Waals surface area contributed by atoms with Gasteiger partial charge < -0.3 is 53.2 Å². The number of aliphatic hydroxyl groups is 3. The Hall–Kier alpha value is -4.34. The molecular weight excluding hydrogens is 741 g/mol. The summed E-state index contributed by atoms with van der Waals surface area (Å²) in [6, 6.07) is 48.2. The van der Waals surface area contributed by atoms with Crippen LogP contribution in [0.4, 0.5) is 0 Å². The second-order valence-electron chi connectivity index (χ2n) is 14.5. The van der Waals surface area contributed by atoms with Crippen molar-refractivity contribution in [1.29, 1.82) is 0 Å². The molecule has 4 unspecified atom stereocenters. The molecule has 5 aromatic rings. The number of hydrogen-bond acceptors (Lipinski definition) is 11. The minimum absolute atomic E-state index is 0.0149. The first kappa shape index (κ1) is 41.8. The van der Waals surface area contributed by atoms with Crippen molar-refractivity contribution in [3.8, 4) is 0 Å². The van der Waals surface area contributed by atoms with Gasteiger partial charge in [-0.15, -0.1) is 0 Å². The third-order valence-electron chi connectivity index (χ3n) is 10.2. The number of benzene rings is 5. The molecule has 2 fully saturated rings. The summed E-state index contributed by atoms with van der Waals surface area (Å²) < 4.78 is 50.7. The molecule has 0 aromatic heterocycles. The predicted octanol–water partition coefficient (Wildman–Crippen LogP) is 5.73. The Kier molecular flexibility index (Phi) is 15.6. The summed E-state index contributed by atoms with van der Waals surface area (Å²) in [4.78, 5) is 0. The highest BCUT2D eigenvalue weighted by atomic mass is 16.7. The highest BCUT2D eigenvalue weighted by Crippen LogP contribution is 2.33. The lowest BCUT2D eigenvalue weighted by atomic mass is 9.96. The molecule has 0 spiro atoms. The van der Waals surface area contributed by atoms with E-state index in [1.807, 2.05) is 152 Å². The van der Waals surface area contributed by atoms with Gasteiger partial charge in [0.15, 0.2) is 12.6 Å². The third-order valence-corrected chi connectivity index (χ3v) is 10.2. The van der Waals surface area contributed by atoms with E-state index in [0.717, 1.165) is 27.8 Å². The highest BCUT2D eigenvalue weighted by Gasteiger charge is 2.52. The molecule has 11 heteroatoms. The first-order chi connectivity index (χ1) is 28.5. The number of aliphatic hydroxyl groups excluding tert-OH is 3. The van der Waals surface area contributed by atoms with E-state index in [0.29, 0.717) is 6.61 Å². The zero-order valence-corrected chi connectivity index (χ0v) is 32.3. The molecule has 0 bridgehead atoms. The fraction of sp³-hybridized carbons (Fsp3) is 0.362. The topological polar surface area (TPSA) is 135 Å². The molecule has 7 rings (SSSR count). The van der Waals surface area contributed by atoms with Gasteiger partial charge in [0.1, 0.15) is 48.8 Å². The largest absolute Gasteiger partial charge is 0.387 e. The molecule has 11 nitrogen and oxygen atoms in total. The molecule has 2 aliphatic heterocycles. The zero-order valence-electron chi connectivity index (χ0n) is 32.3. The molecule has 58 heavy (non-hydrogen) atoms. The Morgan fingerprint density at radius 3 is 1.17 bits per heavy atom. The van der Waals surface area contributed by atoms with Crippen LogP contribution in [0.2, 0.25) is 0 Å². The summed E-state index contributed by atoms with van der Waals surface area (Å²) in [5.74, 6) is 0. The lowest BCUT2D eigenvalue weighted by Crippen LogP contribution is -2.65. The molecule has 2 heterocycles. The summed E-state index contributed by atoms with van der Waals surface area (Å²) >= 11 is 0. The summed E-state index contributed by atoms with van der Waals surface area (Å²) in [6.45, 7) is 1.14. The molecule has 306 valence electrons. The fourth-order valence-corrected chi connectivity index (χ4v) is 7.06. The third kappa shape index (κ3) is 11.7. The summed E-state index contributed by atoms with van der Waals surface area (Å²) in [5, 5.41) is 35.4. The van der Waals surface area contributed by atoms with Gasteiger partial charge in [0.2, 0.25) is 0 Å². The van der Waals surface area contributed by atoms with E-state index in [-0.39, 0.29) is 39.6 Å². The highest BCUT2D eigenvalue weighted by molar-refractivity contribution is 5.17. The van der Waals surface area contributed by atoms with Crippen LogP contribution in [0.15, 0.2) is 152 Å². The van der Waals surface area contributed by atoms with Crippen LogP contribution in [0.1, 0.15) is 27.8 Å². The Balaban J connectivity index is 1.13. The smallest absolute Gasteiger partial charge is 0.187 e. The molecule has 0 saturated carbocycles. The van der Waals surface area contributed by atoms with Gasteiger partial charge in [-0.1, -0.05) is 152 Å². The summed E-state index contributed by atoms with van der Waals surface area (Å²) in [6.07, 6.45) is -11.8. The van der Waals surface area contributed by atoms with Gasteiger partial charge in [0.05, 0.1) is 46.2 Å². The minimum Gasteiger partial charge on any atom is -0.387 e. The maximum atomic E-state index is 12.0. The molecule has 0 radical (unpaired) electrons. The fourth-order valence-electron chi connectivity index (χ4n) is 7.06. The van der Waals surface area contributed by atoms with Crippen LogP contribution >= 0.6 is 0 Å². The lowest BCUT2D eigenvalue weighted by Gasteiger charge is -2.48. The van der Waals surface area contributed by atoms with Crippen molar-refractivity contribution in [2.45, 2.75) is 94.4 Å². The Morgan fingerprint density at radius 1 is 0.362 bits per heavy atom. The van der Waals surface area contributed by atoms with Crippen LogP contribution in [0.3, 0.4) is 0 Å². The molecule has 2 saturated heterocycles. The van der Waals surface area contributed by atoms with E-state index in [1.54, 1.807) is 0 Å². The van der Waals surface area contributed by atoms with Crippen molar-refractivity contribution in [1.82, 2.24) is 0 Å². The Bertz CT molecular complexity index is 1870. The van der Waals surface area contributed by atoms with Gasteiger partial charge in [-0.2, -0.15) is 0 Å². The molecule has 10 atom stereocenters. The minimum atomic E-state index is -1.58. The van der Waals surface area contributed by atoms with E-state index < -0.39 is 61.4 Å². The van der Waals surface area contributed by atoms with Crippen LogP contribution in [0.5, 0.6) is 0 Å². The van der Waals surface area contributed by atoms with Crippen molar-refractivity contribution in [2.24, 2.45) is 0 Å². The number of hydrogen-bond donors (Lipinski definition) is 3. The van der Waals surface area contributed by atoms with Gasteiger partial charge in [0.25, 0.3) is 0 Å². The van der Waals surface area contributed by atoms with E-state index in [4.69, 9.17) is 37.9 Å². The van der Waals surface area contributed by atoms with Gasteiger partial charge in [-0.3, -0.25) is 0 Å². The van der Waals surface area contributed by atoms with Crippen LogP contribution in [-0.2, 0) is 70.9 Å². The number of ether oxygens (including phenoxy) is 8. The Morgan fingerprint density at radius 2 is 0.724 bits per heavy atom. The maximum Gasteiger partial charge on any atom is 0.187 e. The predicted molar refractivity (Wildman–Crippen MR) is 214 cm³/mol. The zero-order chi connectivity index (χ0) is 39.9. The average Bonchev–Trinajstić information content (AvgIpc) is 3.27. The Labute approximate surface area is 339 Å². The van der Waals surface area contributed by atoms with Gasteiger partial charge in [-0.25, -0.2) is 0 Å². The van der Waals surface area contributed by atoms with Crippen molar-refractivity contribution < 1.29 is 53.2 Å². The second-order valence-corrected chi connectivity index (χ2v) is 14.5.